The fraction of sp³-hybridized carbons (Fsp3) is 0.600. The first-order chi connectivity index (χ1) is 9.25. The van der Waals surface area contributed by atoms with E-state index in [1.54, 1.807) is 0 Å². The number of hydrogen-bond acceptors (Lipinski definition) is 4. The number of fused-ring (bicyclic) bond motifs is 1. The van der Waals surface area contributed by atoms with E-state index in [9.17, 15) is 0 Å². The predicted molar refractivity (Wildman–Crippen MR) is 72.7 cm³/mol. The third-order valence-electron chi connectivity index (χ3n) is 3.59. The lowest BCUT2D eigenvalue weighted by molar-refractivity contribution is -0.0991. The van der Waals surface area contributed by atoms with Crippen LogP contribution in [0.3, 0.4) is 0 Å². The molecule has 0 bridgehead atoms. The Morgan fingerprint density at radius 3 is 2.68 bits per heavy atom. The van der Waals surface area contributed by atoms with Crippen molar-refractivity contribution >= 4 is 0 Å². The molecule has 1 saturated heterocycles. The topological polar surface area (TPSA) is 39.7 Å². The normalized spacial score (nSPS) is 20.5. The van der Waals surface area contributed by atoms with Crippen molar-refractivity contribution in [2.75, 3.05) is 33.0 Å². The molecule has 0 radical (unpaired) electrons. The Morgan fingerprint density at radius 2 is 1.95 bits per heavy atom. The van der Waals surface area contributed by atoms with Crippen molar-refractivity contribution in [2.45, 2.75) is 19.9 Å². The molecule has 2 aliphatic heterocycles. The second kappa shape index (κ2) is 5.39. The predicted octanol–water partition coefficient (Wildman–Crippen LogP) is 1.97. The number of nitrogens with one attached hydrogen (secondary N) is 1. The van der Waals surface area contributed by atoms with E-state index in [0.29, 0.717) is 5.41 Å². The van der Waals surface area contributed by atoms with E-state index in [0.717, 1.165) is 57.4 Å². The average Bonchev–Trinajstić information content (AvgIpc) is 2.61. The largest absolute Gasteiger partial charge is 0.490 e. The van der Waals surface area contributed by atoms with E-state index in [1.807, 2.05) is 6.07 Å². The number of hydrogen-bond donors (Lipinski definition) is 1. The van der Waals surface area contributed by atoms with Crippen molar-refractivity contribution in [3.8, 4) is 11.5 Å². The molecule has 3 rings (SSSR count). The molecule has 19 heavy (non-hydrogen) atoms. The highest BCUT2D eigenvalue weighted by atomic mass is 16.5. The summed E-state index contributed by atoms with van der Waals surface area (Å²) >= 11 is 0. The molecular weight excluding hydrogens is 242 g/mol. The fourth-order valence-electron chi connectivity index (χ4n) is 2.38. The molecule has 0 atom stereocenters. The lowest BCUT2D eigenvalue weighted by atomic mass is 9.89. The third kappa shape index (κ3) is 3.01. The Morgan fingerprint density at radius 1 is 1.16 bits per heavy atom. The van der Waals surface area contributed by atoms with Crippen molar-refractivity contribution in [1.82, 2.24) is 5.32 Å². The summed E-state index contributed by atoms with van der Waals surface area (Å²) in [7, 11) is 0. The van der Waals surface area contributed by atoms with Gasteiger partial charge < -0.3 is 19.5 Å². The van der Waals surface area contributed by atoms with Gasteiger partial charge in [-0.25, -0.2) is 0 Å². The highest BCUT2D eigenvalue weighted by Crippen LogP contribution is 2.30. The summed E-state index contributed by atoms with van der Waals surface area (Å²) in [4.78, 5) is 0. The van der Waals surface area contributed by atoms with Gasteiger partial charge in [-0.05, 0) is 17.7 Å². The van der Waals surface area contributed by atoms with Crippen LogP contribution < -0.4 is 14.8 Å². The zero-order valence-corrected chi connectivity index (χ0v) is 11.4. The molecule has 1 fully saturated rings. The summed E-state index contributed by atoms with van der Waals surface area (Å²) in [5, 5.41) is 3.49. The average molecular weight is 263 g/mol. The van der Waals surface area contributed by atoms with Gasteiger partial charge in [0.25, 0.3) is 0 Å². The standard InChI is InChI=1S/C15H21NO3/c1-15(10-17-11-15)9-16-8-12-3-4-13-14(7-12)19-6-2-5-18-13/h3-4,7,16H,2,5-6,8-11H2,1H3. The second-order valence-electron chi connectivity index (χ2n) is 5.74. The Balaban J connectivity index is 1.57. The summed E-state index contributed by atoms with van der Waals surface area (Å²) in [6.45, 7) is 7.29. The van der Waals surface area contributed by atoms with Gasteiger partial charge in [0.05, 0.1) is 26.4 Å². The van der Waals surface area contributed by atoms with Crippen LogP contribution in [0.25, 0.3) is 0 Å². The first kappa shape index (κ1) is 12.8. The van der Waals surface area contributed by atoms with Gasteiger partial charge >= 0.3 is 0 Å². The maximum absolute atomic E-state index is 5.70. The molecular formula is C15H21NO3. The molecule has 4 nitrogen and oxygen atoms in total. The zero-order chi connectivity index (χ0) is 13.1. The molecule has 0 unspecified atom stereocenters. The van der Waals surface area contributed by atoms with Crippen LogP contribution in [0.5, 0.6) is 11.5 Å². The van der Waals surface area contributed by atoms with E-state index in [-0.39, 0.29) is 0 Å². The lowest BCUT2D eigenvalue weighted by Gasteiger charge is -2.38. The maximum Gasteiger partial charge on any atom is 0.161 e. The van der Waals surface area contributed by atoms with E-state index < -0.39 is 0 Å². The highest BCUT2D eigenvalue weighted by molar-refractivity contribution is 5.43. The van der Waals surface area contributed by atoms with Crippen molar-refractivity contribution in [3.05, 3.63) is 23.8 Å². The van der Waals surface area contributed by atoms with Crippen LogP contribution in [0.15, 0.2) is 18.2 Å². The molecule has 0 aliphatic carbocycles. The van der Waals surface area contributed by atoms with Crippen molar-refractivity contribution in [3.63, 3.8) is 0 Å². The first-order valence-electron chi connectivity index (χ1n) is 6.92. The monoisotopic (exact) mass is 263 g/mol. The summed E-state index contributed by atoms with van der Waals surface area (Å²) in [5.41, 5.74) is 1.54. The Labute approximate surface area is 114 Å². The van der Waals surface area contributed by atoms with E-state index >= 15 is 0 Å². The Bertz CT molecular complexity index is 443. The van der Waals surface area contributed by atoms with E-state index in [4.69, 9.17) is 14.2 Å². The second-order valence-corrected chi connectivity index (χ2v) is 5.74. The fourth-order valence-corrected chi connectivity index (χ4v) is 2.38. The first-order valence-corrected chi connectivity index (χ1v) is 6.92. The van der Waals surface area contributed by atoms with Gasteiger partial charge in [0.15, 0.2) is 11.5 Å². The van der Waals surface area contributed by atoms with Gasteiger partial charge in [0.1, 0.15) is 0 Å². The molecule has 1 aromatic carbocycles. The van der Waals surface area contributed by atoms with Crippen LogP contribution in [0.1, 0.15) is 18.9 Å². The molecule has 1 aromatic rings. The highest BCUT2D eigenvalue weighted by Gasteiger charge is 2.32. The quantitative estimate of drug-likeness (QED) is 0.901. The minimum absolute atomic E-state index is 0.311. The van der Waals surface area contributed by atoms with Gasteiger partial charge in [0, 0.05) is 24.9 Å². The number of benzene rings is 1. The summed E-state index contributed by atoms with van der Waals surface area (Å²) in [5.74, 6) is 1.73. The maximum atomic E-state index is 5.70. The van der Waals surface area contributed by atoms with Crippen LogP contribution in [-0.2, 0) is 11.3 Å². The van der Waals surface area contributed by atoms with Crippen molar-refractivity contribution in [2.24, 2.45) is 5.41 Å². The van der Waals surface area contributed by atoms with Gasteiger partial charge in [-0.15, -0.1) is 0 Å². The molecule has 0 spiro atoms. The van der Waals surface area contributed by atoms with E-state index in [2.05, 4.69) is 24.4 Å². The van der Waals surface area contributed by atoms with Gasteiger partial charge in [-0.3, -0.25) is 0 Å². The van der Waals surface area contributed by atoms with Gasteiger partial charge in [-0.1, -0.05) is 13.0 Å². The minimum Gasteiger partial charge on any atom is -0.490 e. The van der Waals surface area contributed by atoms with Crippen LogP contribution in [0.2, 0.25) is 0 Å². The van der Waals surface area contributed by atoms with Crippen molar-refractivity contribution in [1.29, 1.82) is 0 Å². The van der Waals surface area contributed by atoms with Crippen LogP contribution in [0, 0.1) is 5.41 Å². The summed E-state index contributed by atoms with van der Waals surface area (Å²) in [6.07, 6.45) is 0.945. The Hall–Kier alpha value is -1.26. The van der Waals surface area contributed by atoms with Gasteiger partial charge in [0.2, 0.25) is 0 Å². The molecule has 104 valence electrons. The molecule has 0 saturated carbocycles. The molecule has 0 amide bonds. The smallest absolute Gasteiger partial charge is 0.161 e. The SMILES string of the molecule is CC1(CNCc2ccc3c(c2)OCCCO3)COC1. The Kier molecular flexibility index (Phi) is 3.62. The van der Waals surface area contributed by atoms with Crippen LogP contribution in [0.4, 0.5) is 0 Å². The molecule has 0 aromatic heterocycles. The van der Waals surface area contributed by atoms with Crippen molar-refractivity contribution < 1.29 is 14.2 Å². The van der Waals surface area contributed by atoms with Crippen LogP contribution >= 0.6 is 0 Å². The zero-order valence-electron chi connectivity index (χ0n) is 11.4. The summed E-state index contributed by atoms with van der Waals surface area (Å²) < 4.78 is 16.6. The molecule has 2 heterocycles. The molecule has 1 N–H and O–H groups in total. The van der Waals surface area contributed by atoms with Crippen LogP contribution in [-0.4, -0.2) is 33.0 Å². The minimum atomic E-state index is 0.311. The van der Waals surface area contributed by atoms with Gasteiger partial charge in [-0.2, -0.15) is 0 Å². The lowest BCUT2D eigenvalue weighted by Crippen LogP contribution is -2.47. The third-order valence-corrected chi connectivity index (χ3v) is 3.59. The van der Waals surface area contributed by atoms with E-state index in [1.165, 1.54) is 5.56 Å². The number of ether oxygens (including phenoxy) is 3. The summed E-state index contributed by atoms with van der Waals surface area (Å²) in [6, 6.07) is 6.18. The molecule has 4 heteroatoms. The number of rotatable bonds is 4. The molecule has 2 aliphatic rings.